The Hall–Kier alpha value is -1.97. The SMILES string of the molecule is CC1CCN(CCc2c(COc3ccc(Cl)cc3)n(C)c3ccccc23)CC1. The van der Waals surface area contributed by atoms with Crippen LogP contribution < -0.4 is 4.74 Å². The van der Waals surface area contributed by atoms with E-state index in [1.165, 1.54) is 48.1 Å². The minimum atomic E-state index is 0.569. The van der Waals surface area contributed by atoms with E-state index in [1.807, 2.05) is 24.3 Å². The molecule has 3 aromatic rings. The molecule has 2 heterocycles. The number of likely N-dealkylation sites (tertiary alicyclic amines) is 1. The van der Waals surface area contributed by atoms with Crippen molar-refractivity contribution in [3.8, 4) is 5.75 Å². The minimum absolute atomic E-state index is 0.569. The maximum Gasteiger partial charge on any atom is 0.128 e. The average Bonchev–Trinajstić information content (AvgIpc) is 2.99. The first-order valence-electron chi connectivity index (χ1n) is 10.3. The Morgan fingerprint density at radius 1 is 1.04 bits per heavy atom. The first-order chi connectivity index (χ1) is 13.6. The molecule has 1 saturated heterocycles. The molecule has 0 spiro atoms. The average molecular weight is 397 g/mol. The Kier molecular flexibility index (Phi) is 5.93. The summed E-state index contributed by atoms with van der Waals surface area (Å²) in [5.41, 5.74) is 3.96. The lowest BCUT2D eigenvalue weighted by Crippen LogP contribution is -2.34. The fourth-order valence-electron chi connectivity index (χ4n) is 4.23. The molecule has 0 aliphatic carbocycles. The molecular weight excluding hydrogens is 368 g/mol. The van der Waals surface area contributed by atoms with Crippen LogP contribution in [0.4, 0.5) is 0 Å². The van der Waals surface area contributed by atoms with E-state index in [-0.39, 0.29) is 0 Å². The van der Waals surface area contributed by atoms with Gasteiger partial charge in [-0.1, -0.05) is 36.7 Å². The molecule has 148 valence electrons. The number of halogens is 1. The molecule has 1 fully saturated rings. The highest BCUT2D eigenvalue weighted by Gasteiger charge is 2.19. The van der Waals surface area contributed by atoms with Crippen LogP contribution in [0.3, 0.4) is 0 Å². The molecule has 4 heteroatoms. The van der Waals surface area contributed by atoms with E-state index < -0.39 is 0 Å². The number of benzene rings is 2. The molecule has 0 bridgehead atoms. The Morgan fingerprint density at radius 2 is 1.75 bits per heavy atom. The van der Waals surface area contributed by atoms with Gasteiger partial charge in [0.25, 0.3) is 0 Å². The van der Waals surface area contributed by atoms with Gasteiger partial charge in [0.2, 0.25) is 0 Å². The van der Waals surface area contributed by atoms with E-state index in [4.69, 9.17) is 16.3 Å². The monoisotopic (exact) mass is 396 g/mol. The second-order valence-electron chi connectivity index (χ2n) is 8.02. The van der Waals surface area contributed by atoms with E-state index in [2.05, 4.69) is 47.7 Å². The maximum absolute atomic E-state index is 6.11. The molecule has 28 heavy (non-hydrogen) atoms. The normalized spacial score (nSPS) is 16.0. The molecule has 0 radical (unpaired) electrons. The molecule has 0 atom stereocenters. The second-order valence-corrected chi connectivity index (χ2v) is 8.45. The van der Waals surface area contributed by atoms with Crippen molar-refractivity contribution < 1.29 is 4.74 Å². The summed E-state index contributed by atoms with van der Waals surface area (Å²) in [6.45, 7) is 6.51. The lowest BCUT2D eigenvalue weighted by atomic mass is 9.98. The van der Waals surface area contributed by atoms with Gasteiger partial charge in [0.05, 0.1) is 5.69 Å². The molecule has 4 rings (SSSR count). The summed E-state index contributed by atoms with van der Waals surface area (Å²) < 4.78 is 8.40. The van der Waals surface area contributed by atoms with Crippen LogP contribution in [0.15, 0.2) is 48.5 Å². The van der Waals surface area contributed by atoms with Crippen molar-refractivity contribution in [2.24, 2.45) is 13.0 Å². The van der Waals surface area contributed by atoms with Gasteiger partial charge >= 0.3 is 0 Å². The van der Waals surface area contributed by atoms with Crippen LogP contribution >= 0.6 is 11.6 Å². The van der Waals surface area contributed by atoms with E-state index >= 15 is 0 Å². The Labute approximate surface area is 172 Å². The number of aryl methyl sites for hydroxylation is 1. The number of aromatic nitrogens is 1. The lowest BCUT2D eigenvalue weighted by molar-refractivity contribution is 0.194. The molecular formula is C24H29ClN2O. The zero-order valence-electron chi connectivity index (χ0n) is 16.8. The van der Waals surface area contributed by atoms with Crippen LogP contribution in [0.1, 0.15) is 31.0 Å². The molecule has 1 aliphatic rings. The zero-order valence-corrected chi connectivity index (χ0v) is 17.6. The molecule has 0 saturated carbocycles. The molecule has 0 amide bonds. The smallest absolute Gasteiger partial charge is 0.128 e. The number of rotatable bonds is 6. The van der Waals surface area contributed by atoms with Gasteiger partial charge in [0.15, 0.2) is 0 Å². The summed E-state index contributed by atoms with van der Waals surface area (Å²) in [7, 11) is 2.15. The van der Waals surface area contributed by atoms with Crippen LogP contribution in [0.25, 0.3) is 10.9 Å². The number of hydrogen-bond acceptors (Lipinski definition) is 2. The van der Waals surface area contributed by atoms with Crippen LogP contribution in [-0.4, -0.2) is 29.1 Å². The summed E-state index contributed by atoms with van der Waals surface area (Å²) >= 11 is 5.99. The molecule has 2 aromatic carbocycles. The number of fused-ring (bicyclic) bond motifs is 1. The molecule has 3 nitrogen and oxygen atoms in total. The first kappa shape index (κ1) is 19.4. The van der Waals surface area contributed by atoms with Gasteiger partial charge in [-0.2, -0.15) is 0 Å². The van der Waals surface area contributed by atoms with E-state index in [0.29, 0.717) is 6.61 Å². The Balaban J connectivity index is 1.55. The minimum Gasteiger partial charge on any atom is -0.487 e. The molecule has 1 aromatic heterocycles. The van der Waals surface area contributed by atoms with Gasteiger partial charge in [-0.25, -0.2) is 0 Å². The van der Waals surface area contributed by atoms with Gasteiger partial charge in [-0.15, -0.1) is 0 Å². The van der Waals surface area contributed by atoms with Crippen molar-refractivity contribution in [2.75, 3.05) is 19.6 Å². The van der Waals surface area contributed by atoms with Crippen molar-refractivity contribution in [3.05, 3.63) is 64.8 Å². The van der Waals surface area contributed by atoms with Crippen molar-refractivity contribution >= 4 is 22.5 Å². The predicted octanol–water partition coefficient (Wildman–Crippen LogP) is 5.69. The predicted molar refractivity (Wildman–Crippen MR) is 117 cm³/mol. The third kappa shape index (κ3) is 4.21. The van der Waals surface area contributed by atoms with Gasteiger partial charge in [0.1, 0.15) is 12.4 Å². The van der Waals surface area contributed by atoms with Crippen molar-refractivity contribution in [1.82, 2.24) is 9.47 Å². The maximum atomic E-state index is 6.11. The summed E-state index contributed by atoms with van der Waals surface area (Å²) in [6.07, 6.45) is 3.71. The van der Waals surface area contributed by atoms with Gasteiger partial charge in [0, 0.05) is 29.5 Å². The largest absolute Gasteiger partial charge is 0.487 e. The van der Waals surface area contributed by atoms with E-state index in [0.717, 1.165) is 29.7 Å². The molecule has 0 N–H and O–H groups in total. The fraction of sp³-hybridized carbons (Fsp3) is 0.417. The van der Waals surface area contributed by atoms with Crippen molar-refractivity contribution in [2.45, 2.75) is 32.8 Å². The summed E-state index contributed by atoms with van der Waals surface area (Å²) in [4.78, 5) is 2.62. The van der Waals surface area contributed by atoms with Crippen LogP contribution in [0.5, 0.6) is 5.75 Å². The van der Waals surface area contributed by atoms with Crippen LogP contribution in [0, 0.1) is 5.92 Å². The van der Waals surface area contributed by atoms with Gasteiger partial charge in [-0.3, -0.25) is 0 Å². The third-order valence-corrected chi connectivity index (χ3v) is 6.34. The van der Waals surface area contributed by atoms with Crippen molar-refractivity contribution in [1.29, 1.82) is 0 Å². The topological polar surface area (TPSA) is 17.4 Å². The van der Waals surface area contributed by atoms with Crippen LogP contribution in [-0.2, 0) is 20.1 Å². The highest BCUT2D eigenvalue weighted by molar-refractivity contribution is 6.30. The summed E-state index contributed by atoms with van der Waals surface area (Å²) in [5, 5.41) is 2.08. The first-order valence-corrected chi connectivity index (χ1v) is 10.7. The quantitative estimate of drug-likeness (QED) is 0.532. The molecule has 1 aliphatic heterocycles. The molecule has 0 unspecified atom stereocenters. The fourth-order valence-corrected chi connectivity index (χ4v) is 4.35. The number of hydrogen-bond donors (Lipinski definition) is 0. The number of nitrogens with zero attached hydrogens (tertiary/aromatic N) is 2. The summed E-state index contributed by atoms with van der Waals surface area (Å²) in [6, 6.07) is 16.3. The summed E-state index contributed by atoms with van der Waals surface area (Å²) in [5.74, 6) is 1.72. The highest BCUT2D eigenvalue weighted by Crippen LogP contribution is 2.28. The Bertz CT molecular complexity index is 924. The van der Waals surface area contributed by atoms with Crippen LogP contribution in [0.2, 0.25) is 5.02 Å². The number of piperidine rings is 1. The number of para-hydroxylation sites is 1. The second kappa shape index (κ2) is 8.59. The Morgan fingerprint density at radius 3 is 2.50 bits per heavy atom. The third-order valence-electron chi connectivity index (χ3n) is 6.09. The van der Waals surface area contributed by atoms with Gasteiger partial charge < -0.3 is 14.2 Å². The highest BCUT2D eigenvalue weighted by atomic mass is 35.5. The lowest BCUT2D eigenvalue weighted by Gasteiger charge is -2.30. The zero-order chi connectivity index (χ0) is 19.5. The number of ether oxygens (including phenoxy) is 1. The van der Waals surface area contributed by atoms with Gasteiger partial charge in [-0.05, 0) is 74.2 Å². The van der Waals surface area contributed by atoms with E-state index in [9.17, 15) is 0 Å². The van der Waals surface area contributed by atoms with Crippen molar-refractivity contribution in [3.63, 3.8) is 0 Å². The van der Waals surface area contributed by atoms with E-state index in [1.54, 1.807) is 0 Å². The standard InChI is InChI=1S/C24H29ClN2O/c1-18-11-14-27(15-12-18)16-13-22-21-5-3-4-6-23(21)26(2)24(22)17-28-20-9-7-19(25)8-10-20/h3-10,18H,11-17H2,1-2H3.